The van der Waals surface area contributed by atoms with E-state index < -0.39 is 0 Å². The summed E-state index contributed by atoms with van der Waals surface area (Å²) < 4.78 is 26.1. The molecule has 0 atom stereocenters. The largest absolute Gasteiger partial charge is 0.368 e. The first-order chi connectivity index (χ1) is 16.5. The maximum atomic E-state index is 13.1. The Morgan fingerprint density at radius 2 is 1.38 bits per heavy atom. The zero-order chi connectivity index (χ0) is 23.9. The van der Waals surface area contributed by atoms with Gasteiger partial charge in [-0.05, 0) is 66.2 Å². The van der Waals surface area contributed by atoms with Crippen molar-refractivity contribution in [3.05, 3.63) is 95.6 Å². The van der Waals surface area contributed by atoms with E-state index >= 15 is 0 Å². The van der Waals surface area contributed by atoms with Crippen LogP contribution in [0.15, 0.2) is 72.8 Å². The molecule has 3 aromatic carbocycles. The van der Waals surface area contributed by atoms with Crippen molar-refractivity contribution >= 4 is 35.0 Å². The highest BCUT2D eigenvalue weighted by atomic mass is 32.2. The van der Waals surface area contributed by atoms with Crippen molar-refractivity contribution in [2.45, 2.75) is 5.75 Å². The Morgan fingerprint density at radius 1 is 0.794 bits per heavy atom. The number of benzene rings is 3. The number of hydrogen-bond donors (Lipinski definition) is 1. The molecule has 1 heterocycles. The molecule has 3 aromatic rings. The first-order valence-corrected chi connectivity index (χ1v) is 12.2. The quantitative estimate of drug-likeness (QED) is 0.527. The van der Waals surface area contributed by atoms with Gasteiger partial charge in [0.05, 0.1) is 5.75 Å². The summed E-state index contributed by atoms with van der Waals surface area (Å²) in [6.45, 7) is 2.62. The number of carbonyl (C=O) groups excluding carboxylic acids is 2. The number of anilines is 2. The van der Waals surface area contributed by atoms with Crippen LogP contribution in [0.5, 0.6) is 0 Å². The van der Waals surface area contributed by atoms with Crippen molar-refractivity contribution in [3.8, 4) is 0 Å². The predicted octanol–water partition coefficient (Wildman–Crippen LogP) is 4.80. The number of nitrogens with zero attached hydrogens (tertiary/aromatic N) is 2. The molecular weight excluding hydrogens is 456 g/mol. The molecule has 0 radical (unpaired) electrons. The van der Waals surface area contributed by atoms with E-state index in [0.29, 0.717) is 43.2 Å². The second-order valence-electron chi connectivity index (χ2n) is 8.00. The molecule has 4 rings (SSSR count). The highest BCUT2D eigenvalue weighted by Crippen LogP contribution is 2.19. The van der Waals surface area contributed by atoms with Gasteiger partial charge in [-0.15, -0.1) is 11.8 Å². The summed E-state index contributed by atoms with van der Waals surface area (Å²) in [5, 5.41) is 2.74. The van der Waals surface area contributed by atoms with E-state index in [1.165, 1.54) is 48.2 Å². The number of halogens is 2. The topological polar surface area (TPSA) is 52.7 Å². The third kappa shape index (κ3) is 6.35. The van der Waals surface area contributed by atoms with Crippen molar-refractivity contribution < 1.29 is 18.4 Å². The summed E-state index contributed by atoms with van der Waals surface area (Å²) in [6.07, 6.45) is 0. The van der Waals surface area contributed by atoms with Crippen LogP contribution in [0, 0.1) is 11.6 Å². The molecule has 1 aliphatic heterocycles. The van der Waals surface area contributed by atoms with Gasteiger partial charge in [-0.3, -0.25) is 9.59 Å². The summed E-state index contributed by atoms with van der Waals surface area (Å²) in [6, 6.07) is 19.5. The number of hydrogen-bond acceptors (Lipinski definition) is 4. The monoisotopic (exact) mass is 481 g/mol. The molecule has 176 valence electrons. The minimum Gasteiger partial charge on any atom is -0.368 e. The van der Waals surface area contributed by atoms with Crippen LogP contribution in [0.2, 0.25) is 0 Å². The highest BCUT2D eigenvalue weighted by Gasteiger charge is 2.22. The number of nitrogens with one attached hydrogen (secondary N) is 1. The summed E-state index contributed by atoms with van der Waals surface area (Å²) in [5.74, 6) is 0.159. The van der Waals surface area contributed by atoms with Crippen molar-refractivity contribution in [1.82, 2.24) is 4.90 Å². The molecular formula is C26H25F2N3O2S. The highest BCUT2D eigenvalue weighted by molar-refractivity contribution is 7.99. The average Bonchev–Trinajstić information content (AvgIpc) is 2.86. The normalized spacial score (nSPS) is 13.6. The van der Waals surface area contributed by atoms with E-state index in [1.54, 1.807) is 12.1 Å². The molecule has 0 aromatic heterocycles. The third-order valence-corrected chi connectivity index (χ3v) is 6.59. The Labute approximate surface area is 201 Å². The van der Waals surface area contributed by atoms with Gasteiger partial charge in [-0.2, -0.15) is 0 Å². The van der Waals surface area contributed by atoms with E-state index in [-0.39, 0.29) is 29.2 Å². The summed E-state index contributed by atoms with van der Waals surface area (Å²) in [5.41, 5.74) is 3.19. The van der Waals surface area contributed by atoms with Gasteiger partial charge in [0, 0.05) is 48.9 Å². The van der Waals surface area contributed by atoms with E-state index in [9.17, 15) is 18.4 Å². The van der Waals surface area contributed by atoms with Gasteiger partial charge in [-0.25, -0.2) is 8.78 Å². The molecule has 34 heavy (non-hydrogen) atoms. The van der Waals surface area contributed by atoms with Gasteiger partial charge in [0.15, 0.2) is 0 Å². The molecule has 1 aliphatic rings. The van der Waals surface area contributed by atoms with Crippen LogP contribution in [-0.2, 0) is 10.5 Å². The van der Waals surface area contributed by atoms with Gasteiger partial charge in [0.25, 0.3) is 5.91 Å². The Morgan fingerprint density at radius 3 is 2.00 bits per heavy atom. The van der Waals surface area contributed by atoms with Crippen molar-refractivity contribution in [3.63, 3.8) is 0 Å². The molecule has 0 aliphatic carbocycles. The third-order valence-electron chi connectivity index (χ3n) is 5.59. The van der Waals surface area contributed by atoms with Crippen molar-refractivity contribution in [2.24, 2.45) is 0 Å². The Bertz CT molecular complexity index is 1110. The Balaban J connectivity index is 1.21. The van der Waals surface area contributed by atoms with Gasteiger partial charge < -0.3 is 15.1 Å². The number of amides is 2. The van der Waals surface area contributed by atoms with E-state index in [1.807, 2.05) is 29.2 Å². The van der Waals surface area contributed by atoms with E-state index in [0.717, 1.165) is 11.3 Å². The predicted molar refractivity (Wildman–Crippen MR) is 132 cm³/mol. The van der Waals surface area contributed by atoms with Crippen molar-refractivity contribution in [2.75, 3.05) is 42.1 Å². The van der Waals surface area contributed by atoms with Gasteiger partial charge in [-0.1, -0.05) is 12.1 Å². The van der Waals surface area contributed by atoms with Crippen LogP contribution in [0.1, 0.15) is 15.9 Å². The molecule has 1 saturated heterocycles. The second-order valence-corrected chi connectivity index (χ2v) is 8.99. The first-order valence-electron chi connectivity index (χ1n) is 11.0. The average molecular weight is 482 g/mol. The zero-order valence-electron chi connectivity index (χ0n) is 18.5. The summed E-state index contributed by atoms with van der Waals surface area (Å²) in [7, 11) is 0. The van der Waals surface area contributed by atoms with Crippen LogP contribution in [0.25, 0.3) is 0 Å². The molecule has 0 unspecified atom stereocenters. The fraction of sp³-hybridized carbons (Fsp3) is 0.231. The maximum Gasteiger partial charge on any atom is 0.253 e. The van der Waals surface area contributed by atoms with Gasteiger partial charge in [0.1, 0.15) is 11.6 Å². The lowest BCUT2D eigenvalue weighted by Gasteiger charge is -2.36. The van der Waals surface area contributed by atoms with Gasteiger partial charge in [0.2, 0.25) is 5.91 Å². The fourth-order valence-corrected chi connectivity index (χ4v) is 4.53. The summed E-state index contributed by atoms with van der Waals surface area (Å²) in [4.78, 5) is 28.9. The molecule has 1 fully saturated rings. The molecule has 0 spiro atoms. The van der Waals surface area contributed by atoms with E-state index in [2.05, 4.69) is 10.2 Å². The molecule has 8 heteroatoms. The standard InChI is InChI=1S/C26H25F2N3O2S/c27-21-5-9-23(10-6-21)29-25(32)18-34-17-19-1-3-20(4-2-19)26(33)31-15-13-30(14-16-31)24-11-7-22(28)8-12-24/h1-12H,13-18H2,(H,29,32). The fourth-order valence-electron chi connectivity index (χ4n) is 3.74. The van der Waals surface area contributed by atoms with E-state index in [4.69, 9.17) is 0 Å². The van der Waals surface area contributed by atoms with Gasteiger partial charge >= 0.3 is 0 Å². The number of carbonyl (C=O) groups is 2. The Hall–Kier alpha value is -3.39. The summed E-state index contributed by atoms with van der Waals surface area (Å²) >= 11 is 1.47. The van der Waals surface area contributed by atoms with Crippen LogP contribution < -0.4 is 10.2 Å². The number of piperazine rings is 1. The lowest BCUT2D eigenvalue weighted by molar-refractivity contribution is -0.113. The Kier molecular flexibility index (Phi) is 7.80. The molecule has 2 amide bonds. The molecule has 1 N–H and O–H groups in total. The number of thioether (sulfide) groups is 1. The molecule has 0 bridgehead atoms. The minimum atomic E-state index is -0.346. The zero-order valence-corrected chi connectivity index (χ0v) is 19.4. The number of rotatable bonds is 7. The molecule has 5 nitrogen and oxygen atoms in total. The first kappa shape index (κ1) is 23.8. The molecule has 0 saturated carbocycles. The smallest absolute Gasteiger partial charge is 0.253 e. The van der Waals surface area contributed by atoms with Crippen LogP contribution in [0.3, 0.4) is 0 Å². The van der Waals surface area contributed by atoms with Crippen molar-refractivity contribution in [1.29, 1.82) is 0 Å². The van der Waals surface area contributed by atoms with Crippen LogP contribution in [-0.4, -0.2) is 48.6 Å². The maximum absolute atomic E-state index is 13.1. The minimum absolute atomic E-state index is 0.00312. The second kappa shape index (κ2) is 11.2. The van der Waals surface area contributed by atoms with Crippen LogP contribution >= 0.6 is 11.8 Å². The lowest BCUT2D eigenvalue weighted by atomic mass is 10.1. The lowest BCUT2D eigenvalue weighted by Crippen LogP contribution is -2.48. The van der Waals surface area contributed by atoms with Crippen LogP contribution in [0.4, 0.5) is 20.2 Å². The SMILES string of the molecule is O=C(CSCc1ccc(C(=O)N2CCN(c3ccc(F)cc3)CC2)cc1)Nc1ccc(F)cc1.